The Balaban J connectivity index is 1.65. The highest BCUT2D eigenvalue weighted by atomic mass is 32.1. The number of imidazole rings is 1. The molecule has 3 aromatic rings. The molecule has 0 unspecified atom stereocenters. The molecule has 124 valence electrons. The van der Waals surface area contributed by atoms with Crippen molar-refractivity contribution < 1.29 is 9.18 Å². The summed E-state index contributed by atoms with van der Waals surface area (Å²) in [6.45, 7) is 2.17. The van der Waals surface area contributed by atoms with E-state index in [2.05, 4.69) is 25.5 Å². The fourth-order valence-corrected chi connectivity index (χ4v) is 2.77. The molecule has 9 heteroatoms. The fourth-order valence-electron chi connectivity index (χ4n) is 2.16. The molecular formula is C15H15FN6OS. The summed E-state index contributed by atoms with van der Waals surface area (Å²) >= 11 is 1.29. The van der Waals surface area contributed by atoms with E-state index in [1.165, 1.54) is 23.5 Å². The van der Waals surface area contributed by atoms with Crippen LogP contribution in [-0.4, -0.2) is 32.6 Å². The lowest BCUT2D eigenvalue weighted by atomic mass is 10.2. The second-order valence-electron chi connectivity index (χ2n) is 5.11. The predicted octanol–water partition coefficient (Wildman–Crippen LogP) is 1.93. The van der Waals surface area contributed by atoms with Crippen LogP contribution in [0.15, 0.2) is 24.3 Å². The number of aromatic nitrogens is 4. The number of nitrogens with two attached hydrogens (primary N) is 1. The first-order valence-corrected chi connectivity index (χ1v) is 8.03. The number of nitrogens with one attached hydrogen (secondary N) is 2. The largest absolute Gasteiger partial charge is 0.374 e. The van der Waals surface area contributed by atoms with Gasteiger partial charge in [-0.3, -0.25) is 4.79 Å². The van der Waals surface area contributed by atoms with E-state index >= 15 is 0 Å². The van der Waals surface area contributed by atoms with Gasteiger partial charge < -0.3 is 16.0 Å². The number of anilines is 1. The molecule has 0 spiro atoms. The number of carbonyl (C=O) groups excluding carboxylic acids is 1. The Bertz CT molecular complexity index is 857. The van der Waals surface area contributed by atoms with Crippen molar-refractivity contribution in [1.82, 2.24) is 25.5 Å². The smallest absolute Gasteiger partial charge is 0.271 e. The Morgan fingerprint density at radius 2 is 2.08 bits per heavy atom. The summed E-state index contributed by atoms with van der Waals surface area (Å²) in [6, 6.07) is 5.91. The van der Waals surface area contributed by atoms with Gasteiger partial charge in [-0.05, 0) is 31.2 Å². The van der Waals surface area contributed by atoms with Gasteiger partial charge in [0.1, 0.15) is 22.3 Å². The first-order valence-electron chi connectivity index (χ1n) is 7.21. The molecule has 0 saturated carbocycles. The van der Waals surface area contributed by atoms with Crippen molar-refractivity contribution in [2.45, 2.75) is 13.3 Å². The highest BCUT2D eigenvalue weighted by Gasteiger charge is 2.15. The summed E-state index contributed by atoms with van der Waals surface area (Å²) in [5.41, 5.74) is 7.18. The molecule has 0 saturated heterocycles. The van der Waals surface area contributed by atoms with Crippen molar-refractivity contribution >= 4 is 22.4 Å². The van der Waals surface area contributed by atoms with Gasteiger partial charge in [0.2, 0.25) is 5.13 Å². The molecule has 2 aromatic heterocycles. The number of H-pyrrole nitrogens is 1. The first-order chi connectivity index (χ1) is 11.5. The van der Waals surface area contributed by atoms with E-state index in [-0.39, 0.29) is 11.7 Å². The average Bonchev–Trinajstić information content (AvgIpc) is 3.14. The Hall–Kier alpha value is -2.81. The summed E-state index contributed by atoms with van der Waals surface area (Å²) in [4.78, 5) is 19.6. The normalized spacial score (nSPS) is 10.8. The number of hydrogen-bond acceptors (Lipinski definition) is 6. The van der Waals surface area contributed by atoms with Crippen molar-refractivity contribution in [2.75, 3.05) is 12.3 Å². The molecule has 0 atom stereocenters. The van der Waals surface area contributed by atoms with Gasteiger partial charge in [0, 0.05) is 24.2 Å². The average molecular weight is 346 g/mol. The topological polar surface area (TPSA) is 110 Å². The van der Waals surface area contributed by atoms with E-state index in [0.717, 1.165) is 5.01 Å². The third kappa shape index (κ3) is 3.57. The summed E-state index contributed by atoms with van der Waals surface area (Å²) in [6.07, 6.45) is 0.550. The predicted molar refractivity (Wildman–Crippen MR) is 89.1 cm³/mol. The summed E-state index contributed by atoms with van der Waals surface area (Å²) in [5.74, 6) is -0.0820. The maximum Gasteiger partial charge on any atom is 0.271 e. The van der Waals surface area contributed by atoms with Gasteiger partial charge in [-0.1, -0.05) is 11.3 Å². The molecule has 0 fully saturated rings. The molecule has 2 heterocycles. The van der Waals surface area contributed by atoms with E-state index in [1.807, 2.05) is 0 Å². The summed E-state index contributed by atoms with van der Waals surface area (Å²) < 4.78 is 13.0. The maximum atomic E-state index is 13.0. The molecule has 4 N–H and O–H groups in total. The molecule has 24 heavy (non-hydrogen) atoms. The van der Waals surface area contributed by atoms with Gasteiger partial charge in [0.05, 0.1) is 0 Å². The Morgan fingerprint density at radius 1 is 1.33 bits per heavy atom. The number of aromatic amines is 1. The van der Waals surface area contributed by atoms with Gasteiger partial charge in [-0.2, -0.15) is 0 Å². The quantitative estimate of drug-likeness (QED) is 0.654. The van der Waals surface area contributed by atoms with Crippen LogP contribution in [0.4, 0.5) is 9.52 Å². The van der Waals surface area contributed by atoms with Crippen LogP contribution >= 0.6 is 11.3 Å². The Morgan fingerprint density at radius 3 is 2.75 bits per heavy atom. The number of nitrogens with zero attached hydrogens (tertiary/aromatic N) is 3. The molecule has 0 aliphatic rings. The highest BCUT2D eigenvalue weighted by molar-refractivity contribution is 7.15. The van der Waals surface area contributed by atoms with E-state index in [1.54, 1.807) is 19.1 Å². The van der Waals surface area contributed by atoms with Crippen LogP contribution in [-0.2, 0) is 6.42 Å². The van der Waals surface area contributed by atoms with E-state index in [4.69, 9.17) is 5.73 Å². The number of hydrogen-bond donors (Lipinski definition) is 3. The van der Waals surface area contributed by atoms with Gasteiger partial charge in [-0.15, -0.1) is 10.2 Å². The molecular weight excluding hydrogens is 331 g/mol. The van der Waals surface area contributed by atoms with Gasteiger partial charge in [0.25, 0.3) is 5.91 Å². The summed E-state index contributed by atoms with van der Waals surface area (Å²) in [7, 11) is 0. The number of amides is 1. The van der Waals surface area contributed by atoms with Crippen molar-refractivity contribution in [3.05, 3.63) is 46.5 Å². The zero-order valence-electron chi connectivity index (χ0n) is 12.8. The monoisotopic (exact) mass is 346 g/mol. The zero-order chi connectivity index (χ0) is 17.1. The number of benzene rings is 1. The maximum absolute atomic E-state index is 13.0. The summed E-state index contributed by atoms with van der Waals surface area (Å²) in [5, 5.41) is 11.6. The van der Waals surface area contributed by atoms with Crippen LogP contribution in [0.5, 0.6) is 0 Å². The molecule has 7 nitrogen and oxygen atoms in total. The van der Waals surface area contributed by atoms with Crippen LogP contribution in [0.1, 0.15) is 21.2 Å². The third-order valence-corrected chi connectivity index (χ3v) is 4.14. The van der Waals surface area contributed by atoms with Crippen molar-refractivity contribution in [3.8, 4) is 11.4 Å². The van der Waals surface area contributed by atoms with Crippen LogP contribution < -0.4 is 11.1 Å². The van der Waals surface area contributed by atoms with E-state index < -0.39 is 0 Å². The second kappa shape index (κ2) is 6.75. The lowest BCUT2D eigenvalue weighted by molar-refractivity contribution is 0.0949. The van der Waals surface area contributed by atoms with E-state index in [9.17, 15) is 9.18 Å². The number of halogens is 1. The Kier molecular flexibility index (Phi) is 4.52. The van der Waals surface area contributed by atoms with Crippen LogP contribution in [0.2, 0.25) is 0 Å². The van der Waals surface area contributed by atoms with E-state index in [0.29, 0.717) is 40.9 Å². The number of carbonyl (C=O) groups is 1. The van der Waals surface area contributed by atoms with Crippen LogP contribution in [0, 0.1) is 12.7 Å². The number of nitrogen functional groups attached to an aromatic ring is 1. The zero-order valence-corrected chi connectivity index (χ0v) is 13.7. The minimum Gasteiger partial charge on any atom is -0.374 e. The number of rotatable bonds is 5. The second-order valence-corrected chi connectivity index (χ2v) is 6.20. The molecule has 0 aliphatic carbocycles. The molecule has 3 rings (SSSR count). The van der Waals surface area contributed by atoms with Gasteiger partial charge in [0.15, 0.2) is 0 Å². The fraction of sp³-hybridized carbons (Fsp3) is 0.200. The lowest BCUT2D eigenvalue weighted by Crippen LogP contribution is -2.26. The van der Waals surface area contributed by atoms with Crippen molar-refractivity contribution in [3.63, 3.8) is 0 Å². The van der Waals surface area contributed by atoms with Crippen LogP contribution in [0.3, 0.4) is 0 Å². The first kappa shape index (κ1) is 16.1. The van der Waals surface area contributed by atoms with Crippen LogP contribution in [0.25, 0.3) is 11.4 Å². The molecule has 0 radical (unpaired) electrons. The standard InChI is InChI=1S/C15H15FN6OS/c1-8-12(14(23)18-7-6-11-21-22-15(17)24-11)20-13(19-8)9-2-4-10(16)5-3-9/h2-5H,6-7H2,1H3,(H2,17,22)(H,18,23)(H,19,20). The third-order valence-electron chi connectivity index (χ3n) is 3.32. The van der Waals surface area contributed by atoms with Crippen molar-refractivity contribution in [2.24, 2.45) is 0 Å². The number of aryl methyl sites for hydroxylation is 1. The molecule has 0 bridgehead atoms. The highest BCUT2D eigenvalue weighted by Crippen LogP contribution is 2.18. The van der Waals surface area contributed by atoms with Gasteiger partial charge >= 0.3 is 0 Å². The molecule has 0 aliphatic heterocycles. The molecule has 1 aromatic carbocycles. The van der Waals surface area contributed by atoms with Gasteiger partial charge in [-0.25, -0.2) is 9.37 Å². The minimum atomic E-state index is -0.322. The minimum absolute atomic E-state index is 0.283. The molecule has 1 amide bonds. The Labute approximate surface area is 141 Å². The van der Waals surface area contributed by atoms with Crippen molar-refractivity contribution in [1.29, 1.82) is 0 Å². The lowest BCUT2D eigenvalue weighted by Gasteiger charge is -2.01. The SMILES string of the molecule is Cc1[nH]c(-c2ccc(F)cc2)nc1C(=O)NCCc1nnc(N)s1.